The van der Waals surface area contributed by atoms with Crippen LogP contribution in [0.25, 0.3) is 11.1 Å². The molecule has 2 aromatic rings. The van der Waals surface area contributed by atoms with E-state index >= 15 is 0 Å². The van der Waals surface area contributed by atoms with Crippen LogP contribution in [-0.4, -0.2) is 15.1 Å². The van der Waals surface area contributed by atoms with Gasteiger partial charge in [0, 0.05) is 29.2 Å². The van der Waals surface area contributed by atoms with Gasteiger partial charge in [0.15, 0.2) is 0 Å². The highest BCUT2D eigenvalue weighted by Crippen LogP contribution is 2.21. The highest BCUT2D eigenvalue weighted by molar-refractivity contribution is 5.64. The molecule has 0 aromatic carbocycles. The minimum Gasteiger partial charge on any atom is -0.390 e. The maximum atomic E-state index is 9.22. The Bertz CT molecular complexity index is 454. The molecule has 3 nitrogen and oxygen atoms in total. The normalized spacial score (nSPS) is 10.3. The van der Waals surface area contributed by atoms with E-state index in [0.29, 0.717) is 5.69 Å². The number of rotatable bonds is 2. The van der Waals surface area contributed by atoms with Crippen molar-refractivity contribution in [3.63, 3.8) is 0 Å². The predicted octanol–water partition coefficient (Wildman–Crippen LogP) is 1.94. The molecule has 15 heavy (non-hydrogen) atoms. The molecule has 0 atom stereocenters. The van der Waals surface area contributed by atoms with Gasteiger partial charge >= 0.3 is 0 Å². The lowest BCUT2D eigenvalue weighted by Gasteiger charge is -2.06. The molecule has 0 bridgehead atoms. The van der Waals surface area contributed by atoms with Gasteiger partial charge < -0.3 is 5.11 Å². The molecule has 0 aliphatic rings. The first kappa shape index (κ1) is 9.80. The standard InChI is InChI=1S/C12H12N2O/c1-9-4-5-11(12(8-15)14-9)10-3-2-6-13-7-10/h2-7,15H,8H2,1H3. The Labute approximate surface area is 88.5 Å². The molecule has 0 amide bonds. The highest BCUT2D eigenvalue weighted by Gasteiger charge is 2.05. The summed E-state index contributed by atoms with van der Waals surface area (Å²) in [5.41, 5.74) is 3.53. The zero-order chi connectivity index (χ0) is 10.7. The van der Waals surface area contributed by atoms with E-state index in [9.17, 15) is 5.11 Å². The molecule has 0 aliphatic carbocycles. The maximum Gasteiger partial charge on any atom is 0.0859 e. The van der Waals surface area contributed by atoms with Gasteiger partial charge in [-0.05, 0) is 19.1 Å². The van der Waals surface area contributed by atoms with Crippen LogP contribution >= 0.6 is 0 Å². The summed E-state index contributed by atoms with van der Waals surface area (Å²) < 4.78 is 0. The number of aliphatic hydroxyl groups is 1. The Hall–Kier alpha value is -1.74. The second-order valence-electron chi connectivity index (χ2n) is 3.35. The molecular formula is C12H12N2O. The smallest absolute Gasteiger partial charge is 0.0859 e. The second kappa shape index (κ2) is 4.19. The van der Waals surface area contributed by atoms with E-state index in [-0.39, 0.29) is 6.61 Å². The number of hydrogen-bond donors (Lipinski definition) is 1. The third-order valence-corrected chi connectivity index (χ3v) is 2.24. The van der Waals surface area contributed by atoms with Gasteiger partial charge in [-0.3, -0.25) is 9.97 Å². The first-order chi connectivity index (χ1) is 7.31. The molecule has 1 N–H and O–H groups in total. The number of pyridine rings is 2. The van der Waals surface area contributed by atoms with Crippen LogP contribution in [-0.2, 0) is 6.61 Å². The summed E-state index contributed by atoms with van der Waals surface area (Å²) in [5, 5.41) is 9.22. The van der Waals surface area contributed by atoms with E-state index < -0.39 is 0 Å². The second-order valence-corrected chi connectivity index (χ2v) is 3.35. The van der Waals surface area contributed by atoms with Crippen molar-refractivity contribution in [2.45, 2.75) is 13.5 Å². The van der Waals surface area contributed by atoms with E-state index in [4.69, 9.17) is 0 Å². The molecule has 2 heterocycles. The van der Waals surface area contributed by atoms with Crippen molar-refractivity contribution < 1.29 is 5.11 Å². The summed E-state index contributed by atoms with van der Waals surface area (Å²) in [6.45, 7) is 1.86. The van der Waals surface area contributed by atoms with E-state index in [2.05, 4.69) is 9.97 Å². The molecule has 0 radical (unpaired) electrons. The van der Waals surface area contributed by atoms with Crippen LogP contribution in [0, 0.1) is 6.92 Å². The Kier molecular flexibility index (Phi) is 2.74. The molecule has 0 aliphatic heterocycles. The number of aromatic nitrogens is 2. The van der Waals surface area contributed by atoms with Crippen molar-refractivity contribution in [2.75, 3.05) is 0 Å². The number of nitrogens with zero attached hydrogens (tertiary/aromatic N) is 2. The summed E-state index contributed by atoms with van der Waals surface area (Å²) in [5.74, 6) is 0. The van der Waals surface area contributed by atoms with Crippen molar-refractivity contribution in [3.8, 4) is 11.1 Å². The molecule has 3 heteroatoms. The van der Waals surface area contributed by atoms with Crippen molar-refractivity contribution in [2.24, 2.45) is 0 Å². The van der Waals surface area contributed by atoms with Gasteiger partial charge in [-0.2, -0.15) is 0 Å². The minimum atomic E-state index is -0.0497. The number of aryl methyl sites for hydroxylation is 1. The van der Waals surface area contributed by atoms with Crippen LogP contribution in [0.4, 0.5) is 0 Å². The van der Waals surface area contributed by atoms with Gasteiger partial charge in [0.2, 0.25) is 0 Å². The third-order valence-electron chi connectivity index (χ3n) is 2.24. The fourth-order valence-electron chi connectivity index (χ4n) is 1.52. The van der Waals surface area contributed by atoms with Gasteiger partial charge in [0.25, 0.3) is 0 Å². The van der Waals surface area contributed by atoms with Crippen LogP contribution in [0.1, 0.15) is 11.4 Å². The van der Waals surface area contributed by atoms with Gasteiger partial charge in [0.05, 0.1) is 12.3 Å². The fraction of sp³-hybridized carbons (Fsp3) is 0.167. The van der Waals surface area contributed by atoms with E-state index in [1.54, 1.807) is 12.4 Å². The van der Waals surface area contributed by atoms with Crippen molar-refractivity contribution in [1.82, 2.24) is 9.97 Å². The summed E-state index contributed by atoms with van der Waals surface area (Å²) in [6.07, 6.45) is 3.50. The van der Waals surface area contributed by atoms with Crippen molar-refractivity contribution in [3.05, 3.63) is 48.0 Å². The fourth-order valence-corrected chi connectivity index (χ4v) is 1.52. The summed E-state index contributed by atoms with van der Waals surface area (Å²) in [4.78, 5) is 8.34. The average Bonchev–Trinajstić information content (AvgIpc) is 2.30. The summed E-state index contributed by atoms with van der Waals surface area (Å²) in [7, 11) is 0. The zero-order valence-electron chi connectivity index (χ0n) is 8.51. The third kappa shape index (κ3) is 2.02. The van der Waals surface area contributed by atoms with Crippen LogP contribution in [0.15, 0.2) is 36.7 Å². The predicted molar refractivity (Wildman–Crippen MR) is 58.1 cm³/mol. The molecular weight excluding hydrogens is 188 g/mol. The summed E-state index contributed by atoms with van der Waals surface area (Å²) in [6, 6.07) is 7.72. The van der Waals surface area contributed by atoms with Gasteiger partial charge in [-0.1, -0.05) is 12.1 Å². The molecule has 0 saturated heterocycles. The Morgan fingerprint density at radius 2 is 2.13 bits per heavy atom. The molecule has 0 spiro atoms. The molecule has 2 rings (SSSR count). The van der Waals surface area contributed by atoms with Crippen LogP contribution in [0.3, 0.4) is 0 Å². The van der Waals surface area contributed by atoms with Gasteiger partial charge in [-0.25, -0.2) is 0 Å². The van der Waals surface area contributed by atoms with Crippen LogP contribution in [0.5, 0.6) is 0 Å². The number of hydrogen-bond acceptors (Lipinski definition) is 3. The van der Waals surface area contributed by atoms with Crippen LogP contribution < -0.4 is 0 Å². The quantitative estimate of drug-likeness (QED) is 0.805. The summed E-state index contributed by atoms with van der Waals surface area (Å²) >= 11 is 0. The number of aliphatic hydroxyl groups excluding tert-OH is 1. The van der Waals surface area contributed by atoms with E-state index in [0.717, 1.165) is 16.8 Å². The molecule has 0 saturated carbocycles. The Morgan fingerprint density at radius 3 is 2.80 bits per heavy atom. The molecule has 0 unspecified atom stereocenters. The van der Waals surface area contributed by atoms with Crippen LogP contribution in [0.2, 0.25) is 0 Å². The molecule has 0 fully saturated rings. The minimum absolute atomic E-state index is 0.0497. The van der Waals surface area contributed by atoms with Gasteiger partial charge in [0.1, 0.15) is 0 Å². The zero-order valence-corrected chi connectivity index (χ0v) is 8.51. The first-order valence-electron chi connectivity index (χ1n) is 4.79. The lowest BCUT2D eigenvalue weighted by Crippen LogP contribution is -1.95. The average molecular weight is 200 g/mol. The van der Waals surface area contributed by atoms with Crippen molar-refractivity contribution in [1.29, 1.82) is 0 Å². The lowest BCUT2D eigenvalue weighted by atomic mass is 10.1. The van der Waals surface area contributed by atoms with E-state index in [1.807, 2.05) is 31.2 Å². The van der Waals surface area contributed by atoms with E-state index in [1.165, 1.54) is 0 Å². The molecule has 76 valence electrons. The topological polar surface area (TPSA) is 46.0 Å². The Morgan fingerprint density at radius 1 is 1.27 bits per heavy atom. The SMILES string of the molecule is Cc1ccc(-c2cccnc2)c(CO)n1. The maximum absolute atomic E-state index is 9.22. The molecule has 2 aromatic heterocycles. The first-order valence-corrected chi connectivity index (χ1v) is 4.79. The lowest BCUT2D eigenvalue weighted by molar-refractivity contribution is 0.277. The van der Waals surface area contributed by atoms with Crippen molar-refractivity contribution >= 4 is 0 Å². The largest absolute Gasteiger partial charge is 0.390 e. The highest BCUT2D eigenvalue weighted by atomic mass is 16.3. The monoisotopic (exact) mass is 200 g/mol. The Balaban J connectivity index is 2.53. The van der Waals surface area contributed by atoms with Gasteiger partial charge in [-0.15, -0.1) is 0 Å².